The predicted octanol–water partition coefficient (Wildman–Crippen LogP) is -1.30. The zero-order chi connectivity index (χ0) is 12.7. The second kappa shape index (κ2) is 3.85. The third-order valence-electron chi connectivity index (χ3n) is 1.70. The lowest BCUT2D eigenvalue weighted by atomic mass is 10.3. The number of phenols is 2. The number of benzene rings is 1. The molecule has 0 atom stereocenters. The molecular formula is C6H8O8P2. The molecule has 0 saturated carbocycles. The quantitative estimate of drug-likeness (QED) is 0.286. The van der Waals surface area contributed by atoms with Crippen LogP contribution >= 0.6 is 15.2 Å². The average molecular weight is 270 g/mol. The number of phenolic OH excluding ortho intramolecular Hbond substituents is 2. The lowest BCUT2D eigenvalue weighted by Crippen LogP contribution is -2.14. The van der Waals surface area contributed by atoms with Gasteiger partial charge in [0.05, 0.1) is 5.30 Å². The lowest BCUT2D eigenvalue weighted by Gasteiger charge is -2.11. The Morgan fingerprint density at radius 2 is 1.38 bits per heavy atom. The Kier molecular flexibility index (Phi) is 3.17. The van der Waals surface area contributed by atoms with Gasteiger partial charge >= 0.3 is 15.2 Å². The maximum Gasteiger partial charge on any atom is 0.360 e. The Labute approximate surface area is 89.1 Å². The molecule has 6 N–H and O–H groups in total. The first-order valence-corrected chi connectivity index (χ1v) is 6.94. The Bertz CT molecular complexity index is 512. The van der Waals surface area contributed by atoms with Crippen molar-refractivity contribution in [2.24, 2.45) is 0 Å². The molecule has 0 saturated heterocycles. The third kappa shape index (κ3) is 2.62. The van der Waals surface area contributed by atoms with E-state index >= 15 is 0 Å². The van der Waals surface area contributed by atoms with E-state index < -0.39 is 37.3 Å². The molecule has 0 aliphatic rings. The van der Waals surface area contributed by atoms with Gasteiger partial charge in [-0.05, 0) is 12.1 Å². The van der Waals surface area contributed by atoms with Crippen LogP contribution in [0.5, 0.6) is 11.5 Å². The van der Waals surface area contributed by atoms with Crippen LogP contribution in [0.25, 0.3) is 0 Å². The smallest absolute Gasteiger partial charge is 0.360 e. The van der Waals surface area contributed by atoms with E-state index in [1.54, 1.807) is 0 Å². The van der Waals surface area contributed by atoms with Gasteiger partial charge in [-0.1, -0.05) is 0 Å². The summed E-state index contributed by atoms with van der Waals surface area (Å²) in [5.41, 5.74) is 0. The zero-order valence-corrected chi connectivity index (χ0v) is 9.34. The molecule has 1 aromatic rings. The monoisotopic (exact) mass is 270 g/mol. The van der Waals surface area contributed by atoms with Crippen LogP contribution in [0.15, 0.2) is 12.1 Å². The van der Waals surface area contributed by atoms with Gasteiger partial charge in [0.1, 0.15) is 5.30 Å². The first kappa shape index (κ1) is 13.2. The minimum absolute atomic E-state index is 0.455. The van der Waals surface area contributed by atoms with Crippen LogP contribution in [-0.2, 0) is 9.13 Å². The van der Waals surface area contributed by atoms with E-state index in [4.69, 9.17) is 29.8 Å². The molecule has 0 aliphatic carbocycles. The van der Waals surface area contributed by atoms with Gasteiger partial charge in [-0.3, -0.25) is 9.13 Å². The minimum atomic E-state index is -4.93. The highest BCUT2D eigenvalue weighted by molar-refractivity contribution is 7.62. The van der Waals surface area contributed by atoms with Crippen LogP contribution < -0.4 is 10.6 Å². The van der Waals surface area contributed by atoms with Gasteiger partial charge in [-0.25, -0.2) is 0 Å². The summed E-state index contributed by atoms with van der Waals surface area (Å²) in [7, 11) is -9.71. The molecule has 0 fully saturated rings. The van der Waals surface area contributed by atoms with E-state index in [0.717, 1.165) is 0 Å². The maximum atomic E-state index is 10.9. The summed E-state index contributed by atoms with van der Waals surface area (Å²) in [6.07, 6.45) is 0. The second-order valence-corrected chi connectivity index (χ2v) is 6.10. The fourth-order valence-corrected chi connectivity index (χ4v) is 2.37. The van der Waals surface area contributed by atoms with E-state index in [9.17, 15) is 9.13 Å². The summed E-state index contributed by atoms with van der Waals surface area (Å²) in [4.78, 5) is 35.1. The number of rotatable bonds is 2. The SMILES string of the molecule is O=P(O)(O)c1cc(O)c(O)c(P(=O)(O)O)c1. The first-order chi connectivity index (χ1) is 7.03. The van der Waals surface area contributed by atoms with Gasteiger partial charge in [0.2, 0.25) is 0 Å². The molecule has 0 spiro atoms. The Morgan fingerprint density at radius 1 is 0.875 bits per heavy atom. The molecule has 8 nitrogen and oxygen atoms in total. The van der Waals surface area contributed by atoms with Gasteiger partial charge in [0.25, 0.3) is 0 Å². The predicted molar refractivity (Wildman–Crippen MR) is 53.1 cm³/mol. The van der Waals surface area contributed by atoms with Gasteiger partial charge < -0.3 is 29.8 Å². The molecule has 0 aromatic heterocycles. The van der Waals surface area contributed by atoms with Crippen LogP contribution in [-0.4, -0.2) is 29.8 Å². The molecule has 0 bridgehead atoms. The molecule has 0 amide bonds. The standard InChI is InChI=1S/C6H8O8P2/c7-4-1-3(15(9,10)11)2-5(6(4)8)16(12,13)14/h1-2,7-8H,(H2,9,10,11)(H2,12,13,14). The number of hydrogen-bond acceptors (Lipinski definition) is 4. The topological polar surface area (TPSA) is 156 Å². The van der Waals surface area contributed by atoms with E-state index in [1.807, 2.05) is 0 Å². The highest BCUT2D eigenvalue weighted by atomic mass is 31.2. The fraction of sp³-hybridized carbons (Fsp3) is 0. The third-order valence-corrected chi connectivity index (χ3v) is 3.60. The molecule has 90 valence electrons. The molecule has 10 heteroatoms. The van der Waals surface area contributed by atoms with Crippen LogP contribution in [0.3, 0.4) is 0 Å². The van der Waals surface area contributed by atoms with Crippen LogP contribution in [0.1, 0.15) is 0 Å². The Balaban J connectivity index is 3.59. The summed E-state index contributed by atoms with van der Waals surface area (Å²) < 4.78 is 21.7. The number of hydrogen-bond donors (Lipinski definition) is 6. The van der Waals surface area contributed by atoms with Gasteiger partial charge in [-0.2, -0.15) is 0 Å². The van der Waals surface area contributed by atoms with Crippen molar-refractivity contribution in [1.82, 2.24) is 0 Å². The molecular weight excluding hydrogens is 262 g/mol. The van der Waals surface area contributed by atoms with Gasteiger partial charge in [0, 0.05) is 0 Å². The van der Waals surface area contributed by atoms with Crippen molar-refractivity contribution in [2.45, 2.75) is 0 Å². The summed E-state index contributed by atoms with van der Waals surface area (Å²) in [5.74, 6) is -2.12. The summed E-state index contributed by atoms with van der Waals surface area (Å²) in [6, 6.07) is 0.992. The van der Waals surface area contributed by atoms with Crippen molar-refractivity contribution in [1.29, 1.82) is 0 Å². The fourth-order valence-electron chi connectivity index (χ4n) is 0.980. The summed E-state index contributed by atoms with van der Waals surface area (Å²) >= 11 is 0. The normalized spacial score (nSPS) is 12.8. The lowest BCUT2D eigenvalue weighted by molar-refractivity contribution is 0.378. The van der Waals surface area contributed by atoms with Crippen LogP contribution in [0.2, 0.25) is 0 Å². The molecule has 1 aromatic carbocycles. The Morgan fingerprint density at radius 3 is 1.75 bits per heavy atom. The molecule has 0 aliphatic heterocycles. The minimum Gasteiger partial charge on any atom is -0.504 e. The van der Waals surface area contributed by atoms with Crippen molar-refractivity contribution in [3.8, 4) is 11.5 Å². The van der Waals surface area contributed by atoms with Crippen LogP contribution in [0, 0.1) is 0 Å². The van der Waals surface area contributed by atoms with Crippen molar-refractivity contribution in [3.63, 3.8) is 0 Å². The van der Waals surface area contributed by atoms with E-state index in [2.05, 4.69) is 0 Å². The summed E-state index contributed by atoms with van der Waals surface area (Å²) in [5, 5.41) is 16.4. The van der Waals surface area contributed by atoms with Crippen LogP contribution in [0.4, 0.5) is 0 Å². The first-order valence-electron chi connectivity index (χ1n) is 3.71. The van der Waals surface area contributed by atoms with E-state index in [1.165, 1.54) is 0 Å². The maximum absolute atomic E-state index is 10.9. The highest BCUT2D eigenvalue weighted by Crippen LogP contribution is 2.43. The second-order valence-electron chi connectivity index (χ2n) is 2.92. The van der Waals surface area contributed by atoms with Crippen molar-refractivity contribution >= 4 is 25.8 Å². The van der Waals surface area contributed by atoms with Gasteiger partial charge in [-0.15, -0.1) is 0 Å². The summed E-state index contributed by atoms with van der Waals surface area (Å²) in [6.45, 7) is 0. The van der Waals surface area contributed by atoms with Crippen molar-refractivity contribution in [3.05, 3.63) is 12.1 Å². The van der Waals surface area contributed by atoms with Gasteiger partial charge in [0.15, 0.2) is 11.5 Å². The number of aromatic hydroxyl groups is 2. The van der Waals surface area contributed by atoms with E-state index in [-0.39, 0.29) is 0 Å². The molecule has 0 heterocycles. The Hall–Kier alpha value is -0.880. The molecule has 16 heavy (non-hydrogen) atoms. The molecule has 1 rings (SSSR count). The highest BCUT2D eigenvalue weighted by Gasteiger charge is 2.29. The van der Waals surface area contributed by atoms with Crippen molar-refractivity contribution < 1.29 is 38.9 Å². The molecule has 0 unspecified atom stereocenters. The average Bonchev–Trinajstić information content (AvgIpc) is 2.05. The van der Waals surface area contributed by atoms with Crippen molar-refractivity contribution in [2.75, 3.05) is 0 Å². The zero-order valence-electron chi connectivity index (χ0n) is 7.55. The molecule has 0 radical (unpaired) electrons. The largest absolute Gasteiger partial charge is 0.504 e. The van der Waals surface area contributed by atoms with E-state index in [0.29, 0.717) is 12.1 Å².